The Balaban J connectivity index is 2.41. The van der Waals surface area contributed by atoms with Crippen molar-refractivity contribution in [3.8, 4) is 12.3 Å². The summed E-state index contributed by atoms with van der Waals surface area (Å²) in [5.41, 5.74) is 8.22. The minimum Gasteiger partial charge on any atom is -0.350 e. The highest BCUT2D eigenvalue weighted by Gasteiger charge is 2.12. The molecule has 0 bridgehead atoms. The van der Waals surface area contributed by atoms with Crippen molar-refractivity contribution in [3.63, 3.8) is 0 Å². The van der Waals surface area contributed by atoms with E-state index in [1.165, 1.54) is 11.3 Å². The molecule has 1 amide bonds. The molecule has 0 aromatic carbocycles. The van der Waals surface area contributed by atoms with Crippen molar-refractivity contribution >= 4 is 17.2 Å². The van der Waals surface area contributed by atoms with Crippen LogP contribution in [0.4, 0.5) is 0 Å². The van der Waals surface area contributed by atoms with Gasteiger partial charge < -0.3 is 11.1 Å². The lowest BCUT2D eigenvalue weighted by Crippen LogP contribution is -2.39. The lowest BCUT2D eigenvalue weighted by Gasteiger charge is -2.08. The van der Waals surface area contributed by atoms with Gasteiger partial charge in [-0.15, -0.1) is 23.7 Å². The van der Waals surface area contributed by atoms with Gasteiger partial charge in [-0.2, -0.15) is 0 Å². The zero-order chi connectivity index (χ0) is 11.3. The maximum Gasteiger partial charge on any atom is 0.238 e. The number of nitrogens with two attached hydrogens (primary N) is 1. The number of thiazole rings is 1. The fourth-order valence-electron chi connectivity index (χ4n) is 1.01. The summed E-state index contributed by atoms with van der Waals surface area (Å²) in [5, 5.41) is 2.72. The van der Waals surface area contributed by atoms with Gasteiger partial charge in [-0.1, -0.05) is 0 Å². The largest absolute Gasteiger partial charge is 0.350 e. The van der Waals surface area contributed by atoms with Crippen LogP contribution >= 0.6 is 11.3 Å². The van der Waals surface area contributed by atoms with Crippen LogP contribution in [0.3, 0.4) is 0 Å². The van der Waals surface area contributed by atoms with E-state index in [0.29, 0.717) is 6.54 Å². The molecule has 1 aromatic rings. The van der Waals surface area contributed by atoms with Gasteiger partial charge in [0.2, 0.25) is 5.91 Å². The van der Waals surface area contributed by atoms with Crippen molar-refractivity contribution in [1.29, 1.82) is 0 Å². The van der Waals surface area contributed by atoms with Crippen molar-refractivity contribution in [1.82, 2.24) is 10.3 Å². The number of carbonyl (C=O) groups excluding carboxylic acids is 1. The van der Waals surface area contributed by atoms with Gasteiger partial charge in [-0.25, -0.2) is 4.98 Å². The summed E-state index contributed by atoms with van der Waals surface area (Å²) >= 11 is 1.51. The molecule has 0 saturated heterocycles. The monoisotopic (exact) mass is 223 g/mol. The van der Waals surface area contributed by atoms with Crippen molar-refractivity contribution in [2.75, 3.05) is 0 Å². The first-order valence-electron chi connectivity index (χ1n) is 4.51. The van der Waals surface area contributed by atoms with Crippen molar-refractivity contribution < 1.29 is 4.79 Å². The van der Waals surface area contributed by atoms with Crippen LogP contribution in [-0.2, 0) is 11.3 Å². The number of aromatic nitrogens is 1. The molecule has 1 aromatic heterocycles. The summed E-state index contributed by atoms with van der Waals surface area (Å²) in [6, 6.07) is -0.622. The number of amides is 1. The zero-order valence-electron chi connectivity index (χ0n) is 8.49. The number of carbonyl (C=O) groups is 1. The van der Waals surface area contributed by atoms with Crippen LogP contribution in [0.15, 0.2) is 5.51 Å². The van der Waals surface area contributed by atoms with Gasteiger partial charge in [0.15, 0.2) is 0 Å². The second-order valence-corrected chi connectivity index (χ2v) is 4.03. The number of rotatable bonds is 4. The molecule has 0 radical (unpaired) electrons. The van der Waals surface area contributed by atoms with Gasteiger partial charge in [0.05, 0.1) is 23.8 Å². The molecule has 0 spiro atoms. The molecule has 4 nitrogen and oxygen atoms in total. The molecule has 1 atom stereocenters. The highest BCUT2D eigenvalue weighted by atomic mass is 32.1. The number of nitrogens with zero attached hydrogens (tertiary/aromatic N) is 1. The van der Waals surface area contributed by atoms with Crippen LogP contribution in [0.1, 0.15) is 17.0 Å². The summed E-state index contributed by atoms with van der Waals surface area (Å²) in [7, 11) is 0. The van der Waals surface area contributed by atoms with E-state index in [1.807, 2.05) is 6.92 Å². The number of aryl methyl sites for hydroxylation is 1. The Labute approximate surface area is 92.9 Å². The molecule has 1 rings (SSSR count). The predicted molar refractivity (Wildman–Crippen MR) is 60.1 cm³/mol. The maximum absolute atomic E-state index is 11.4. The fourth-order valence-corrected chi connectivity index (χ4v) is 1.73. The average molecular weight is 223 g/mol. The lowest BCUT2D eigenvalue weighted by atomic mass is 10.2. The number of terminal acetylenes is 1. The number of nitrogens with one attached hydrogen (secondary N) is 1. The molecular formula is C10H13N3OS. The van der Waals surface area contributed by atoms with Crippen LogP contribution in [0.5, 0.6) is 0 Å². The summed E-state index contributed by atoms with van der Waals surface area (Å²) < 4.78 is 0. The topological polar surface area (TPSA) is 68.0 Å². The first-order chi connectivity index (χ1) is 7.15. The summed E-state index contributed by atoms with van der Waals surface area (Å²) in [6.07, 6.45) is 5.32. The Morgan fingerprint density at radius 1 is 1.87 bits per heavy atom. The highest BCUT2D eigenvalue weighted by molar-refractivity contribution is 7.09. The Morgan fingerprint density at radius 3 is 3.13 bits per heavy atom. The summed E-state index contributed by atoms with van der Waals surface area (Å²) in [6.45, 7) is 2.37. The zero-order valence-corrected chi connectivity index (χ0v) is 9.30. The fraction of sp³-hybridized carbons (Fsp3) is 0.400. The van der Waals surface area contributed by atoms with Gasteiger partial charge in [-0.05, 0) is 6.92 Å². The number of hydrogen-bond donors (Lipinski definition) is 2. The van der Waals surface area contributed by atoms with Crippen LogP contribution in [0, 0.1) is 19.3 Å². The van der Waals surface area contributed by atoms with E-state index in [0.717, 1.165) is 10.6 Å². The Bertz CT molecular complexity index is 380. The van der Waals surface area contributed by atoms with Crippen LogP contribution in [-0.4, -0.2) is 16.9 Å². The SMILES string of the molecule is C#CCC(N)C(=O)NCc1scnc1C. The first kappa shape index (κ1) is 11.7. The van der Waals surface area contributed by atoms with E-state index < -0.39 is 6.04 Å². The molecule has 1 unspecified atom stereocenters. The van der Waals surface area contributed by atoms with E-state index in [9.17, 15) is 4.79 Å². The summed E-state index contributed by atoms with van der Waals surface area (Å²) in [4.78, 5) is 16.5. The van der Waals surface area contributed by atoms with Crippen LogP contribution in [0.25, 0.3) is 0 Å². The molecule has 1 heterocycles. The molecule has 5 heteroatoms. The number of hydrogen-bond acceptors (Lipinski definition) is 4. The highest BCUT2D eigenvalue weighted by Crippen LogP contribution is 2.11. The van der Waals surface area contributed by atoms with E-state index in [1.54, 1.807) is 5.51 Å². The molecule has 3 N–H and O–H groups in total. The minimum atomic E-state index is -0.622. The molecule has 0 fully saturated rings. The molecular weight excluding hydrogens is 210 g/mol. The summed E-state index contributed by atoms with van der Waals surface area (Å²) in [5.74, 6) is 2.14. The van der Waals surface area contributed by atoms with E-state index in [2.05, 4.69) is 16.2 Å². The van der Waals surface area contributed by atoms with Crippen molar-refractivity contribution in [3.05, 3.63) is 16.1 Å². The van der Waals surface area contributed by atoms with E-state index in [-0.39, 0.29) is 12.3 Å². The van der Waals surface area contributed by atoms with Crippen LogP contribution in [0.2, 0.25) is 0 Å². The Hall–Kier alpha value is -1.38. The lowest BCUT2D eigenvalue weighted by molar-refractivity contribution is -0.122. The third-order valence-electron chi connectivity index (χ3n) is 1.94. The standard InChI is InChI=1S/C10H13N3OS/c1-3-4-8(11)10(14)12-5-9-7(2)13-6-15-9/h1,6,8H,4-5,11H2,2H3,(H,12,14). The Kier molecular flexibility index (Phi) is 4.28. The molecule has 0 saturated carbocycles. The first-order valence-corrected chi connectivity index (χ1v) is 5.39. The van der Waals surface area contributed by atoms with Gasteiger partial charge in [-0.3, -0.25) is 4.79 Å². The third-order valence-corrected chi connectivity index (χ3v) is 2.88. The molecule has 0 aliphatic carbocycles. The van der Waals surface area contributed by atoms with Gasteiger partial charge in [0, 0.05) is 11.3 Å². The van der Waals surface area contributed by atoms with Crippen molar-refractivity contribution in [2.45, 2.75) is 25.9 Å². The van der Waals surface area contributed by atoms with E-state index >= 15 is 0 Å². The van der Waals surface area contributed by atoms with E-state index in [4.69, 9.17) is 12.2 Å². The second kappa shape index (κ2) is 5.49. The molecule has 80 valence electrons. The maximum atomic E-state index is 11.4. The molecule has 0 aliphatic rings. The third kappa shape index (κ3) is 3.35. The quantitative estimate of drug-likeness (QED) is 0.727. The molecule has 15 heavy (non-hydrogen) atoms. The van der Waals surface area contributed by atoms with Gasteiger partial charge in [0.1, 0.15) is 0 Å². The normalized spacial score (nSPS) is 11.8. The van der Waals surface area contributed by atoms with Crippen LogP contribution < -0.4 is 11.1 Å². The molecule has 0 aliphatic heterocycles. The predicted octanol–water partition coefficient (Wildman–Crippen LogP) is 0.418. The smallest absolute Gasteiger partial charge is 0.238 e. The minimum absolute atomic E-state index is 0.222. The van der Waals surface area contributed by atoms with Crippen molar-refractivity contribution in [2.24, 2.45) is 5.73 Å². The second-order valence-electron chi connectivity index (χ2n) is 3.09. The Morgan fingerprint density at radius 2 is 2.60 bits per heavy atom. The van der Waals surface area contributed by atoms with Gasteiger partial charge >= 0.3 is 0 Å². The average Bonchev–Trinajstić information content (AvgIpc) is 2.61. The van der Waals surface area contributed by atoms with Gasteiger partial charge in [0.25, 0.3) is 0 Å².